The topological polar surface area (TPSA) is 46.2 Å². The van der Waals surface area contributed by atoms with Crippen LogP contribution in [0.5, 0.6) is 0 Å². The number of hydrogen-bond donors (Lipinski definition) is 1. The summed E-state index contributed by atoms with van der Waals surface area (Å²) in [5.41, 5.74) is 2.17. The number of hydrogen-bond acceptors (Lipinski definition) is 4. The largest absolute Gasteiger partial charge is 0.381 e. The molecule has 1 atom stereocenters. The van der Waals surface area contributed by atoms with Crippen molar-refractivity contribution in [3.8, 4) is 10.4 Å². The van der Waals surface area contributed by atoms with Crippen LogP contribution in [0.2, 0.25) is 0 Å². The maximum Gasteiger partial charge on any atom is 0.152 e. The molecule has 0 spiro atoms. The molecule has 2 heterocycles. The lowest BCUT2D eigenvalue weighted by Crippen LogP contribution is -2.34. The normalized spacial score (nSPS) is 21.5. The van der Waals surface area contributed by atoms with Crippen molar-refractivity contribution in [2.45, 2.75) is 18.9 Å². The van der Waals surface area contributed by atoms with E-state index in [1.165, 1.54) is 4.88 Å². The van der Waals surface area contributed by atoms with Crippen LogP contribution in [0.15, 0.2) is 41.8 Å². The molecule has 20 heavy (non-hydrogen) atoms. The van der Waals surface area contributed by atoms with E-state index in [1.807, 2.05) is 24.3 Å². The van der Waals surface area contributed by atoms with E-state index in [1.54, 1.807) is 11.3 Å². The highest BCUT2D eigenvalue weighted by Crippen LogP contribution is 2.32. The van der Waals surface area contributed by atoms with E-state index in [0.29, 0.717) is 5.75 Å². The van der Waals surface area contributed by atoms with Crippen LogP contribution in [0, 0.1) is 0 Å². The average molecular weight is 307 g/mol. The van der Waals surface area contributed by atoms with Crippen molar-refractivity contribution < 1.29 is 8.42 Å². The van der Waals surface area contributed by atoms with Crippen LogP contribution in [0.3, 0.4) is 0 Å². The number of benzene rings is 1. The summed E-state index contributed by atoms with van der Waals surface area (Å²) in [5.74, 6) is 0.573. The predicted octanol–water partition coefficient (Wildman–Crippen LogP) is 3.40. The van der Waals surface area contributed by atoms with Gasteiger partial charge in [0.2, 0.25) is 0 Å². The first kappa shape index (κ1) is 13.6. The molecular weight excluding hydrogens is 290 g/mol. The van der Waals surface area contributed by atoms with Crippen molar-refractivity contribution in [3.05, 3.63) is 41.8 Å². The van der Waals surface area contributed by atoms with E-state index in [0.717, 1.165) is 24.1 Å². The van der Waals surface area contributed by atoms with Crippen molar-refractivity contribution in [1.82, 2.24) is 0 Å². The molecule has 3 rings (SSSR count). The molecule has 1 aliphatic heterocycles. The average Bonchev–Trinajstić information content (AvgIpc) is 2.92. The molecular formula is C15H17NO2S2. The van der Waals surface area contributed by atoms with E-state index in [4.69, 9.17) is 0 Å². The monoisotopic (exact) mass is 307 g/mol. The SMILES string of the molecule is O=S1(=O)CCCC(Nc2ccccc2-c2cccs2)C1. The van der Waals surface area contributed by atoms with Gasteiger partial charge in [-0.15, -0.1) is 11.3 Å². The highest BCUT2D eigenvalue weighted by Gasteiger charge is 2.25. The van der Waals surface area contributed by atoms with Crippen molar-refractivity contribution >= 4 is 26.9 Å². The van der Waals surface area contributed by atoms with E-state index in [2.05, 4.69) is 22.8 Å². The summed E-state index contributed by atoms with van der Waals surface area (Å²) < 4.78 is 23.5. The Morgan fingerprint density at radius 3 is 2.75 bits per heavy atom. The summed E-state index contributed by atoms with van der Waals surface area (Å²) >= 11 is 1.69. The molecule has 0 amide bonds. The Bertz CT molecular complexity index is 678. The lowest BCUT2D eigenvalue weighted by molar-refractivity contribution is 0.562. The summed E-state index contributed by atoms with van der Waals surface area (Å²) in [6.07, 6.45) is 1.67. The maximum absolute atomic E-state index is 11.7. The number of anilines is 1. The summed E-state index contributed by atoms with van der Waals surface area (Å²) in [5, 5.41) is 5.47. The molecule has 0 saturated carbocycles. The molecule has 1 aromatic heterocycles. The van der Waals surface area contributed by atoms with Crippen LogP contribution in [0.1, 0.15) is 12.8 Å². The highest BCUT2D eigenvalue weighted by atomic mass is 32.2. The van der Waals surface area contributed by atoms with Gasteiger partial charge in [0.25, 0.3) is 0 Å². The van der Waals surface area contributed by atoms with Gasteiger partial charge >= 0.3 is 0 Å². The van der Waals surface area contributed by atoms with Gasteiger partial charge in [0.05, 0.1) is 11.5 Å². The summed E-state index contributed by atoms with van der Waals surface area (Å²) in [6.45, 7) is 0. The number of para-hydroxylation sites is 1. The zero-order valence-electron chi connectivity index (χ0n) is 11.1. The molecule has 1 aromatic carbocycles. The van der Waals surface area contributed by atoms with Crippen LogP contribution in [-0.2, 0) is 9.84 Å². The Hall–Kier alpha value is -1.33. The van der Waals surface area contributed by atoms with E-state index in [9.17, 15) is 8.42 Å². The van der Waals surface area contributed by atoms with Gasteiger partial charge in [0, 0.05) is 22.2 Å². The first-order valence-electron chi connectivity index (χ1n) is 6.74. The predicted molar refractivity (Wildman–Crippen MR) is 85.1 cm³/mol. The molecule has 1 saturated heterocycles. The third kappa shape index (κ3) is 3.04. The second kappa shape index (κ2) is 5.58. The fourth-order valence-corrected chi connectivity index (χ4v) is 5.01. The van der Waals surface area contributed by atoms with E-state index < -0.39 is 9.84 Å². The molecule has 5 heteroatoms. The summed E-state index contributed by atoms with van der Waals surface area (Å²) in [7, 11) is -2.88. The van der Waals surface area contributed by atoms with Gasteiger partial charge in [0.15, 0.2) is 9.84 Å². The maximum atomic E-state index is 11.7. The van der Waals surface area contributed by atoms with Crippen molar-refractivity contribution in [1.29, 1.82) is 0 Å². The van der Waals surface area contributed by atoms with E-state index in [-0.39, 0.29) is 11.8 Å². The smallest absolute Gasteiger partial charge is 0.152 e. The molecule has 3 nitrogen and oxygen atoms in total. The lowest BCUT2D eigenvalue weighted by Gasteiger charge is -2.25. The molecule has 1 N–H and O–H groups in total. The van der Waals surface area contributed by atoms with Crippen LogP contribution < -0.4 is 5.32 Å². The molecule has 0 aliphatic carbocycles. The van der Waals surface area contributed by atoms with Crippen LogP contribution in [-0.4, -0.2) is 26.0 Å². The highest BCUT2D eigenvalue weighted by molar-refractivity contribution is 7.91. The second-order valence-corrected chi connectivity index (χ2v) is 8.30. The van der Waals surface area contributed by atoms with E-state index >= 15 is 0 Å². The Morgan fingerprint density at radius 2 is 2.00 bits per heavy atom. The zero-order valence-corrected chi connectivity index (χ0v) is 12.7. The van der Waals surface area contributed by atoms with Gasteiger partial charge in [-0.3, -0.25) is 0 Å². The minimum absolute atomic E-state index is 0.0230. The Morgan fingerprint density at radius 1 is 1.15 bits per heavy atom. The second-order valence-electron chi connectivity index (χ2n) is 5.12. The third-order valence-electron chi connectivity index (χ3n) is 3.54. The summed E-state index contributed by atoms with van der Waals surface area (Å²) in [4.78, 5) is 1.20. The molecule has 106 valence electrons. The van der Waals surface area contributed by atoms with Gasteiger partial charge in [-0.05, 0) is 30.4 Å². The third-order valence-corrected chi connectivity index (χ3v) is 6.26. The number of nitrogens with one attached hydrogen (secondary N) is 1. The van der Waals surface area contributed by atoms with Gasteiger partial charge in [-0.1, -0.05) is 24.3 Å². The Labute approximate surface area is 123 Å². The van der Waals surface area contributed by atoms with Crippen LogP contribution >= 0.6 is 11.3 Å². The first-order valence-corrected chi connectivity index (χ1v) is 9.44. The molecule has 0 bridgehead atoms. The molecule has 0 radical (unpaired) electrons. The van der Waals surface area contributed by atoms with Gasteiger partial charge in [0.1, 0.15) is 0 Å². The minimum Gasteiger partial charge on any atom is -0.381 e. The molecule has 2 aromatic rings. The van der Waals surface area contributed by atoms with Gasteiger partial charge in [-0.2, -0.15) is 0 Å². The number of sulfone groups is 1. The Balaban J connectivity index is 1.85. The fraction of sp³-hybridized carbons (Fsp3) is 0.333. The fourth-order valence-electron chi connectivity index (χ4n) is 2.61. The quantitative estimate of drug-likeness (QED) is 0.945. The first-order chi connectivity index (χ1) is 9.64. The lowest BCUT2D eigenvalue weighted by atomic mass is 10.1. The summed E-state index contributed by atoms with van der Waals surface area (Å²) in [6, 6.07) is 12.2. The van der Waals surface area contributed by atoms with Crippen molar-refractivity contribution in [3.63, 3.8) is 0 Å². The van der Waals surface area contributed by atoms with Crippen molar-refractivity contribution in [2.24, 2.45) is 0 Å². The van der Waals surface area contributed by atoms with Gasteiger partial charge < -0.3 is 5.32 Å². The van der Waals surface area contributed by atoms with Crippen LogP contribution in [0.25, 0.3) is 10.4 Å². The number of rotatable bonds is 3. The standard InChI is InChI=1S/C15H17NO2S2/c17-20(18)10-4-5-12(11-20)16-14-7-2-1-6-13(14)15-8-3-9-19-15/h1-3,6-9,12,16H,4-5,10-11H2. The molecule has 1 unspecified atom stereocenters. The number of thiophene rings is 1. The zero-order chi connectivity index (χ0) is 14.0. The minimum atomic E-state index is -2.88. The van der Waals surface area contributed by atoms with Crippen LogP contribution in [0.4, 0.5) is 5.69 Å². The van der Waals surface area contributed by atoms with Crippen molar-refractivity contribution in [2.75, 3.05) is 16.8 Å². The molecule has 1 fully saturated rings. The Kier molecular flexibility index (Phi) is 3.81. The molecule has 1 aliphatic rings. The van der Waals surface area contributed by atoms with Gasteiger partial charge in [-0.25, -0.2) is 8.42 Å².